The van der Waals surface area contributed by atoms with E-state index in [1.807, 2.05) is 28.9 Å². The van der Waals surface area contributed by atoms with E-state index in [9.17, 15) is 4.79 Å². The van der Waals surface area contributed by atoms with Gasteiger partial charge in [-0.15, -0.1) is 5.10 Å². The van der Waals surface area contributed by atoms with Crippen LogP contribution >= 0.6 is 27.7 Å². The topological polar surface area (TPSA) is 73.0 Å². The third-order valence-electron chi connectivity index (χ3n) is 4.15. The lowest BCUT2D eigenvalue weighted by Gasteiger charge is -2.10. The third-order valence-corrected chi connectivity index (χ3v) is 5.54. The molecule has 4 rings (SSSR count). The highest BCUT2D eigenvalue weighted by Crippen LogP contribution is 2.33. The van der Waals surface area contributed by atoms with Crippen LogP contribution in [-0.2, 0) is 6.54 Å². The number of rotatable bonds is 6. The standard InChI is InChI=1S/C21H17BrN4O2S/c1-14-8-10-15(11-9-14)13-26-21(24-20(22)25-26)29-18-7-3-2-5-16(18)23-19(27)17-6-4-12-28-17/h2-12H,13H2,1H3,(H,23,27). The number of aryl methyl sites for hydroxylation is 1. The number of carbonyl (C=O) groups is 1. The van der Waals surface area contributed by atoms with Crippen LogP contribution in [0.4, 0.5) is 5.69 Å². The van der Waals surface area contributed by atoms with Gasteiger partial charge in [0.25, 0.3) is 5.91 Å². The maximum atomic E-state index is 12.4. The summed E-state index contributed by atoms with van der Waals surface area (Å²) in [5.74, 6) is -0.0413. The van der Waals surface area contributed by atoms with Gasteiger partial charge in [-0.25, -0.2) is 4.68 Å². The molecular formula is C21H17BrN4O2S. The Labute approximate surface area is 180 Å². The van der Waals surface area contributed by atoms with Gasteiger partial charge in [-0.1, -0.05) is 42.0 Å². The van der Waals surface area contributed by atoms with Crippen molar-refractivity contribution < 1.29 is 9.21 Å². The number of amides is 1. The molecule has 1 amide bonds. The molecule has 0 unspecified atom stereocenters. The lowest BCUT2D eigenvalue weighted by Crippen LogP contribution is -2.11. The van der Waals surface area contributed by atoms with Crippen molar-refractivity contribution in [1.82, 2.24) is 14.8 Å². The number of aromatic nitrogens is 3. The van der Waals surface area contributed by atoms with Gasteiger partial charge in [0, 0.05) is 4.90 Å². The second kappa shape index (κ2) is 8.67. The van der Waals surface area contributed by atoms with Gasteiger partial charge in [-0.3, -0.25) is 4.79 Å². The van der Waals surface area contributed by atoms with Crippen LogP contribution in [0.5, 0.6) is 0 Å². The summed E-state index contributed by atoms with van der Waals surface area (Å²) in [6, 6.07) is 19.2. The summed E-state index contributed by atoms with van der Waals surface area (Å²) in [7, 11) is 0. The number of carbonyl (C=O) groups excluding carboxylic acids is 1. The Hall–Kier alpha value is -2.84. The number of nitrogens with zero attached hydrogens (tertiary/aromatic N) is 3. The van der Waals surface area contributed by atoms with Crippen LogP contribution in [0.2, 0.25) is 0 Å². The van der Waals surface area contributed by atoms with Crippen molar-refractivity contribution in [2.24, 2.45) is 0 Å². The summed E-state index contributed by atoms with van der Waals surface area (Å²) in [5, 5.41) is 8.07. The maximum Gasteiger partial charge on any atom is 0.291 e. The second-order valence-electron chi connectivity index (χ2n) is 6.34. The average molecular weight is 469 g/mol. The van der Waals surface area contributed by atoms with Gasteiger partial charge in [0.1, 0.15) is 0 Å². The molecule has 0 saturated carbocycles. The number of furan rings is 1. The molecule has 8 heteroatoms. The van der Waals surface area contributed by atoms with E-state index in [0.29, 0.717) is 17.0 Å². The third kappa shape index (κ3) is 4.78. The van der Waals surface area contributed by atoms with Gasteiger partial charge in [-0.05, 0) is 64.4 Å². The first-order valence-corrected chi connectivity index (χ1v) is 10.5. The number of hydrogen-bond donors (Lipinski definition) is 1. The molecule has 0 saturated heterocycles. The molecule has 1 N–H and O–H groups in total. The number of anilines is 1. The SMILES string of the molecule is Cc1ccc(Cn2nc(Br)nc2Sc2ccccc2NC(=O)c2ccco2)cc1. The lowest BCUT2D eigenvalue weighted by atomic mass is 10.1. The van der Waals surface area contributed by atoms with Crippen molar-refractivity contribution in [2.45, 2.75) is 23.5 Å². The molecule has 0 atom stereocenters. The van der Waals surface area contributed by atoms with Gasteiger partial charge in [-0.2, -0.15) is 4.98 Å². The Kier molecular flexibility index (Phi) is 5.82. The fraction of sp³-hybridized carbons (Fsp3) is 0.0952. The normalized spacial score (nSPS) is 10.8. The quantitative estimate of drug-likeness (QED) is 0.410. The van der Waals surface area contributed by atoms with Crippen LogP contribution in [0.15, 0.2) is 86.1 Å². The van der Waals surface area contributed by atoms with Crippen LogP contribution in [0.3, 0.4) is 0 Å². The average Bonchev–Trinajstić information content (AvgIpc) is 3.35. The van der Waals surface area contributed by atoms with E-state index in [0.717, 1.165) is 15.6 Å². The molecule has 2 heterocycles. The largest absolute Gasteiger partial charge is 0.459 e. The van der Waals surface area contributed by atoms with Gasteiger partial charge in [0.05, 0.1) is 18.5 Å². The molecule has 29 heavy (non-hydrogen) atoms. The minimum absolute atomic E-state index is 0.259. The zero-order valence-corrected chi connectivity index (χ0v) is 17.9. The van der Waals surface area contributed by atoms with E-state index in [4.69, 9.17) is 4.42 Å². The minimum atomic E-state index is -0.301. The number of nitrogens with one attached hydrogen (secondary N) is 1. The molecule has 0 aliphatic rings. The molecule has 146 valence electrons. The van der Waals surface area contributed by atoms with E-state index >= 15 is 0 Å². The van der Waals surface area contributed by atoms with Crippen LogP contribution in [0.1, 0.15) is 21.7 Å². The summed E-state index contributed by atoms with van der Waals surface area (Å²) in [6.07, 6.45) is 1.47. The van der Waals surface area contributed by atoms with Gasteiger partial charge < -0.3 is 9.73 Å². The summed E-state index contributed by atoms with van der Waals surface area (Å²) < 4.78 is 7.53. The van der Waals surface area contributed by atoms with Crippen molar-refractivity contribution in [1.29, 1.82) is 0 Å². The molecule has 0 aliphatic carbocycles. The summed E-state index contributed by atoms with van der Waals surface area (Å²) >= 11 is 4.81. The number of halogens is 1. The van der Waals surface area contributed by atoms with E-state index < -0.39 is 0 Å². The molecule has 0 bridgehead atoms. The van der Waals surface area contributed by atoms with Crippen molar-refractivity contribution in [2.75, 3.05) is 5.32 Å². The van der Waals surface area contributed by atoms with Crippen LogP contribution in [0.25, 0.3) is 0 Å². The molecule has 0 spiro atoms. The summed E-state index contributed by atoms with van der Waals surface area (Å²) in [6.45, 7) is 2.66. The Morgan fingerprint density at radius 1 is 1.14 bits per heavy atom. The molecule has 6 nitrogen and oxygen atoms in total. The van der Waals surface area contributed by atoms with Crippen LogP contribution < -0.4 is 5.32 Å². The van der Waals surface area contributed by atoms with E-state index in [2.05, 4.69) is 62.5 Å². The maximum absolute atomic E-state index is 12.4. The van der Waals surface area contributed by atoms with Crippen LogP contribution in [-0.4, -0.2) is 20.7 Å². The summed E-state index contributed by atoms with van der Waals surface area (Å²) in [5.41, 5.74) is 3.03. The highest BCUT2D eigenvalue weighted by Gasteiger charge is 2.15. The van der Waals surface area contributed by atoms with E-state index in [-0.39, 0.29) is 11.7 Å². The zero-order chi connectivity index (χ0) is 20.2. The van der Waals surface area contributed by atoms with E-state index in [1.54, 1.807) is 12.1 Å². The predicted molar refractivity (Wildman–Crippen MR) is 115 cm³/mol. The predicted octanol–water partition coefficient (Wildman–Crippen LogP) is 5.39. The second-order valence-corrected chi connectivity index (χ2v) is 8.05. The molecule has 2 aromatic carbocycles. The molecule has 4 aromatic rings. The number of hydrogen-bond acceptors (Lipinski definition) is 5. The first kappa shape index (κ1) is 19.5. The van der Waals surface area contributed by atoms with Gasteiger partial charge in [0.15, 0.2) is 10.9 Å². The zero-order valence-electron chi connectivity index (χ0n) is 15.5. The van der Waals surface area contributed by atoms with Crippen molar-refractivity contribution in [3.8, 4) is 0 Å². The van der Waals surface area contributed by atoms with Crippen LogP contribution in [0, 0.1) is 6.92 Å². The fourth-order valence-corrected chi connectivity index (χ4v) is 4.09. The monoisotopic (exact) mass is 468 g/mol. The van der Waals surface area contributed by atoms with Crippen molar-refractivity contribution in [3.63, 3.8) is 0 Å². The van der Waals surface area contributed by atoms with E-state index in [1.165, 1.54) is 23.6 Å². The molecular weight excluding hydrogens is 452 g/mol. The Bertz CT molecular complexity index is 1120. The Morgan fingerprint density at radius 3 is 2.69 bits per heavy atom. The minimum Gasteiger partial charge on any atom is -0.459 e. The smallest absolute Gasteiger partial charge is 0.291 e. The molecule has 2 aromatic heterocycles. The highest BCUT2D eigenvalue weighted by molar-refractivity contribution is 9.10. The Morgan fingerprint density at radius 2 is 1.93 bits per heavy atom. The molecule has 0 aliphatic heterocycles. The summed E-state index contributed by atoms with van der Waals surface area (Å²) in [4.78, 5) is 17.7. The number of benzene rings is 2. The van der Waals surface area contributed by atoms with Crippen molar-refractivity contribution >= 4 is 39.3 Å². The first-order chi connectivity index (χ1) is 14.1. The van der Waals surface area contributed by atoms with Gasteiger partial charge >= 0.3 is 0 Å². The Balaban J connectivity index is 1.57. The number of para-hydroxylation sites is 1. The van der Waals surface area contributed by atoms with Gasteiger partial charge in [0.2, 0.25) is 4.73 Å². The molecule has 0 radical (unpaired) electrons. The highest BCUT2D eigenvalue weighted by atomic mass is 79.9. The van der Waals surface area contributed by atoms with Crippen molar-refractivity contribution in [3.05, 3.63) is 88.5 Å². The lowest BCUT2D eigenvalue weighted by molar-refractivity contribution is 0.0996. The fourth-order valence-electron chi connectivity index (χ4n) is 2.70. The first-order valence-electron chi connectivity index (χ1n) is 8.86. The molecule has 0 fully saturated rings.